The number of tetrazole rings is 1. The number of nitrogens with zero attached hydrogens (tertiary/aromatic N) is 7. The van der Waals surface area contributed by atoms with Crippen molar-refractivity contribution in [1.82, 2.24) is 35.0 Å². The van der Waals surface area contributed by atoms with Crippen LogP contribution in [0.4, 0.5) is 5.69 Å². The van der Waals surface area contributed by atoms with E-state index in [0.29, 0.717) is 36.6 Å². The zero-order chi connectivity index (χ0) is 26.4. The van der Waals surface area contributed by atoms with Crippen molar-refractivity contribution in [3.05, 3.63) is 60.2 Å². The molecule has 1 aliphatic heterocycles. The maximum atomic E-state index is 13.6. The summed E-state index contributed by atoms with van der Waals surface area (Å²) in [7, 11) is 2.01. The number of ether oxygens (including phenoxy) is 1. The first kappa shape index (κ1) is 26.2. The van der Waals surface area contributed by atoms with Gasteiger partial charge in [-0.1, -0.05) is 13.0 Å². The zero-order valence-corrected chi connectivity index (χ0v) is 21.2. The van der Waals surface area contributed by atoms with Crippen LogP contribution >= 0.6 is 0 Å². The summed E-state index contributed by atoms with van der Waals surface area (Å²) in [6, 6.07) is 8.64. The molecule has 12 heteroatoms. The first-order valence-corrected chi connectivity index (χ1v) is 12.1. The van der Waals surface area contributed by atoms with Gasteiger partial charge >= 0.3 is 0 Å². The molecule has 0 radical (unpaired) electrons. The molecule has 12 nitrogen and oxygen atoms in total. The summed E-state index contributed by atoms with van der Waals surface area (Å²) in [6.45, 7) is 5.28. The molecule has 4 rings (SSSR count). The first-order valence-electron chi connectivity index (χ1n) is 12.1. The smallest absolute Gasteiger partial charge is 0.258 e. The number of carbonyl (C=O) groups excluding carboxylic acids is 2. The molecule has 2 N–H and O–H groups in total. The Morgan fingerprint density at radius 1 is 1.30 bits per heavy atom. The van der Waals surface area contributed by atoms with E-state index < -0.39 is 0 Å². The van der Waals surface area contributed by atoms with Gasteiger partial charge in [-0.15, -0.1) is 5.10 Å². The van der Waals surface area contributed by atoms with E-state index in [1.54, 1.807) is 35.5 Å². The average Bonchev–Trinajstić information content (AvgIpc) is 3.39. The highest BCUT2D eigenvalue weighted by Crippen LogP contribution is 2.35. The molecule has 0 unspecified atom stereocenters. The van der Waals surface area contributed by atoms with Gasteiger partial charge in [0.05, 0.1) is 23.9 Å². The maximum absolute atomic E-state index is 13.6. The standard InChI is InChI=1S/C25H32N8O4/c1-17-11-33(18(2)15-34)25(36)20-5-4-6-21(28-23(35)14-32-16-27-29-30-32)24(20)37-22(17)13-31(3)12-19-7-9-26-10-8-19/h4-10,16-18,22,34H,11-15H2,1-3H3,(H,28,35)/t17-,18+,22+/m0/s1. The van der Waals surface area contributed by atoms with E-state index in [4.69, 9.17) is 4.74 Å². The maximum Gasteiger partial charge on any atom is 0.258 e. The van der Waals surface area contributed by atoms with Gasteiger partial charge in [-0.25, -0.2) is 4.68 Å². The molecule has 3 atom stereocenters. The molecule has 3 heterocycles. The molecule has 0 bridgehead atoms. The highest BCUT2D eigenvalue weighted by molar-refractivity contribution is 6.01. The number of likely N-dealkylation sites (N-methyl/N-ethyl adjacent to an activating group) is 1. The first-order chi connectivity index (χ1) is 17.9. The third-order valence-electron chi connectivity index (χ3n) is 6.36. The number of para-hydroxylation sites is 1. The van der Waals surface area contributed by atoms with Gasteiger partial charge in [0.2, 0.25) is 5.91 Å². The Morgan fingerprint density at radius 2 is 2.08 bits per heavy atom. The Labute approximate surface area is 215 Å². The highest BCUT2D eigenvalue weighted by Gasteiger charge is 2.34. The SMILES string of the molecule is C[C@H](CO)N1C[C@H](C)[C@@H](CN(C)Cc2ccncc2)Oc2c(NC(=O)Cn3cnnn3)cccc2C1=O. The summed E-state index contributed by atoms with van der Waals surface area (Å²) >= 11 is 0. The summed E-state index contributed by atoms with van der Waals surface area (Å²) in [5, 5.41) is 23.5. The Balaban J connectivity index is 1.63. The number of amides is 2. The Morgan fingerprint density at radius 3 is 2.78 bits per heavy atom. The van der Waals surface area contributed by atoms with Crippen LogP contribution in [0.1, 0.15) is 29.8 Å². The van der Waals surface area contributed by atoms with Gasteiger partial charge in [0, 0.05) is 37.9 Å². The fourth-order valence-corrected chi connectivity index (χ4v) is 4.32. The topological polar surface area (TPSA) is 139 Å². The molecule has 0 saturated carbocycles. The van der Waals surface area contributed by atoms with Crippen LogP contribution in [0.3, 0.4) is 0 Å². The Hall–Kier alpha value is -3.90. The molecule has 0 fully saturated rings. The summed E-state index contributed by atoms with van der Waals surface area (Å²) in [4.78, 5) is 34.2. The normalized spacial score (nSPS) is 18.5. The summed E-state index contributed by atoms with van der Waals surface area (Å²) in [5.74, 6) is -0.375. The van der Waals surface area contributed by atoms with Crippen molar-refractivity contribution in [2.75, 3.05) is 32.1 Å². The molecule has 37 heavy (non-hydrogen) atoms. The van der Waals surface area contributed by atoms with Crippen LogP contribution in [0.25, 0.3) is 0 Å². The van der Waals surface area contributed by atoms with Gasteiger partial charge < -0.3 is 20.1 Å². The fraction of sp³-hybridized carbons (Fsp3) is 0.440. The van der Waals surface area contributed by atoms with E-state index >= 15 is 0 Å². The summed E-state index contributed by atoms with van der Waals surface area (Å²) < 4.78 is 7.83. The van der Waals surface area contributed by atoms with E-state index in [2.05, 4.69) is 30.7 Å². The number of hydrogen-bond acceptors (Lipinski definition) is 9. The molecule has 0 saturated heterocycles. The summed E-state index contributed by atoms with van der Waals surface area (Å²) in [5.41, 5.74) is 1.84. The van der Waals surface area contributed by atoms with E-state index in [9.17, 15) is 14.7 Å². The number of aliphatic hydroxyl groups is 1. The molecule has 0 aliphatic carbocycles. The Bertz CT molecular complexity index is 1190. The van der Waals surface area contributed by atoms with Gasteiger partial charge in [-0.05, 0) is 54.2 Å². The summed E-state index contributed by atoms with van der Waals surface area (Å²) in [6.07, 6.45) is 4.57. The van der Waals surface area contributed by atoms with Gasteiger partial charge in [0.25, 0.3) is 5.91 Å². The lowest BCUT2D eigenvalue weighted by Crippen LogP contribution is -2.49. The van der Waals surface area contributed by atoms with Gasteiger partial charge in [-0.3, -0.25) is 19.5 Å². The molecule has 1 aromatic carbocycles. The van der Waals surface area contributed by atoms with Crippen molar-refractivity contribution in [3.8, 4) is 5.75 Å². The van der Waals surface area contributed by atoms with Gasteiger partial charge in [-0.2, -0.15) is 0 Å². The molecule has 2 amide bonds. The number of aliphatic hydroxyl groups excluding tert-OH is 1. The largest absolute Gasteiger partial charge is 0.486 e. The quantitative estimate of drug-likeness (QED) is 0.434. The van der Waals surface area contributed by atoms with Crippen molar-refractivity contribution in [3.63, 3.8) is 0 Å². The second-order valence-corrected chi connectivity index (χ2v) is 9.41. The van der Waals surface area contributed by atoms with E-state index in [1.165, 1.54) is 11.0 Å². The van der Waals surface area contributed by atoms with Gasteiger partial charge in [0.15, 0.2) is 5.75 Å². The number of benzene rings is 1. The monoisotopic (exact) mass is 508 g/mol. The highest BCUT2D eigenvalue weighted by atomic mass is 16.5. The zero-order valence-electron chi connectivity index (χ0n) is 21.2. The number of rotatable bonds is 9. The number of carbonyl (C=O) groups is 2. The minimum Gasteiger partial charge on any atom is -0.486 e. The van der Waals surface area contributed by atoms with E-state index in [1.807, 2.05) is 33.0 Å². The van der Waals surface area contributed by atoms with Crippen LogP contribution in [0.15, 0.2) is 49.1 Å². The predicted molar refractivity (Wildman–Crippen MR) is 135 cm³/mol. The van der Waals surface area contributed by atoms with E-state index in [-0.39, 0.29) is 43.0 Å². The van der Waals surface area contributed by atoms with Crippen molar-refractivity contribution in [2.45, 2.75) is 39.1 Å². The molecular weight excluding hydrogens is 476 g/mol. The van der Waals surface area contributed by atoms with Crippen molar-refractivity contribution in [2.24, 2.45) is 5.92 Å². The van der Waals surface area contributed by atoms with Crippen LogP contribution in [0.2, 0.25) is 0 Å². The number of aromatic nitrogens is 5. The van der Waals surface area contributed by atoms with Crippen LogP contribution in [0, 0.1) is 5.92 Å². The van der Waals surface area contributed by atoms with Crippen molar-refractivity contribution in [1.29, 1.82) is 0 Å². The average molecular weight is 509 g/mol. The van der Waals surface area contributed by atoms with Crippen LogP contribution in [-0.2, 0) is 17.9 Å². The predicted octanol–water partition coefficient (Wildman–Crippen LogP) is 1.06. The number of pyridine rings is 1. The lowest BCUT2D eigenvalue weighted by atomic mass is 9.99. The number of nitrogens with one attached hydrogen (secondary N) is 1. The Kier molecular flexibility index (Phi) is 8.41. The second kappa shape index (κ2) is 11.9. The lowest BCUT2D eigenvalue weighted by Gasteiger charge is -2.38. The minimum atomic E-state index is -0.380. The van der Waals surface area contributed by atoms with Crippen LogP contribution < -0.4 is 10.1 Å². The third kappa shape index (κ3) is 6.46. The molecule has 0 spiro atoms. The van der Waals surface area contributed by atoms with Crippen LogP contribution in [0.5, 0.6) is 5.75 Å². The lowest BCUT2D eigenvalue weighted by molar-refractivity contribution is -0.117. The molecule has 196 valence electrons. The third-order valence-corrected chi connectivity index (χ3v) is 6.36. The number of anilines is 1. The van der Waals surface area contributed by atoms with Crippen LogP contribution in [-0.4, -0.2) is 90.8 Å². The fourth-order valence-electron chi connectivity index (χ4n) is 4.32. The second-order valence-electron chi connectivity index (χ2n) is 9.41. The van der Waals surface area contributed by atoms with Crippen molar-refractivity contribution >= 4 is 17.5 Å². The molecule has 3 aromatic rings. The molecule has 2 aromatic heterocycles. The van der Waals surface area contributed by atoms with Crippen molar-refractivity contribution < 1.29 is 19.4 Å². The molecular formula is C25H32N8O4. The minimum absolute atomic E-state index is 0.0593. The van der Waals surface area contributed by atoms with E-state index in [0.717, 1.165) is 5.56 Å². The van der Waals surface area contributed by atoms with Gasteiger partial charge in [0.1, 0.15) is 19.0 Å². The number of fused-ring (bicyclic) bond motifs is 1. The number of hydrogen-bond donors (Lipinski definition) is 2. The molecule has 1 aliphatic rings.